The third kappa shape index (κ3) is 3.09. The summed E-state index contributed by atoms with van der Waals surface area (Å²) in [6.07, 6.45) is 1.73. The van der Waals surface area contributed by atoms with Crippen LogP contribution in [0.5, 0.6) is 5.75 Å². The van der Waals surface area contributed by atoms with Crippen LogP contribution in [0.2, 0.25) is 5.02 Å². The normalized spacial score (nSPS) is 12.7. The third-order valence-electron chi connectivity index (χ3n) is 3.49. The quantitative estimate of drug-likeness (QED) is 0.646. The molecular weight excluding hydrogens is 333 g/mol. The van der Waals surface area contributed by atoms with E-state index in [9.17, 15) is 9.18 Å². The zero-order valence-corrected chi connectivity index (χ0v) is 13.2. The Morgan fingerprint density at radius 3 is 2.71 bits per heavy atom. The van der Waals surface area contributed by atoms with Crippen molar-refractivity contribution in [2.45, 2.75) is 0 Å². The van der Waals surface area contributed by atoms with E-state index in [-0.39, 0.29) is 18.1 Å². The maximum absolute atomic E-state index is 14.2. The van der Waals surface area contributed by atoms with Gasteiger partial charge in [-0.05, 0) is 48.0 Å². The lowest BCUT2D eigenvalue weighted by atomic mass is 9.93. The van der Waals surface area contributed by atoms with E-state index in [4.69, 9.17) is 27.8 Å². The Labute approximate surface area is 142 Å². The molecule has 0 radical (unpaired) electrons. The molecular formula is C17H13ClFN3O2. The summed E-state index contributed by atoms with van der Waals surface area (Å²) in [5, 5.41) is 0.410. The molecule has 4 N–H and O–H groups in total. The summed E-state index contributed by atoms with van der Waals surface area (Å²) in [6, 6.07) is 9.03. The Morgan fingerprint density at radius 1 is 1.17 bits per heavy atom. The van der Waals surface area contributed by atoms with Crippen LogP contribution in [0.25, 0.3) is 5.57 Å². The molecule has 1 aliphatic heterocycles. The molecule has 1 aliphatic rings. The minimum Gasteiger partial charge on any atom is -0.489 e. The number of guanidine groups is 1. The van der Waals surface area contributed by atoms with Crippen molar-refractivity contribution < 1.29 is 13.9 Å². The highest BCUT2D eigenvalue weighted by Crippen LogP contribution is 2.36. The second kappa shape index (κ2) is 6.33. The van der Waals surface area contributed by atoms with Crippen LogP contribution in [-0.2, 0) is 0 Å². The number of aliphatic imine (C=N–C) groups is 1. The van der Waals surface area contributed by atoms with Gasteiger partial charge >= 0.3 is 0 Å². The summed E-state index contributed by atoms with van der Waals surface area (Å²) in [5.74, 6) is -0.799. The smallest absolute Gasteiger partial charge is 0.280 e. The lowest BCUT2D eigenvalue weighted by molar-refractivity contribution is 0.100. The summed E-state index contributed by atoms with van der Waals surface area (Å²) in [4.78, 5) is 15.5. The number of rotatable bonds is 2. The van der Waals surface area contributed by atoms with Crippen LogP contribution in [0.15, 0.2) is 47.5 Å². The van der Waals surface area contributed by atoms with Crippen LogP contribution < -0.4 is 16.2 Å². The molecule has 7 heteroatoms. The highest BCUT2D eigenvalue weighted by atomic mass is 35.5. The van der Waals surface area contributed by atoms with E-state index in [1.165, 1.54) is 18.2 Å². The maximum Gasteiger partial charge on any atom is 0.280 e. The first-order chi connectivity index (χ1) is 11.5. The molecule has 0 saturated carbocycles. The van der Waals surface area contributed by atoms with E-state index in [0.717, 1.165) is 0 Å². The van der Waals surface area contributed by atoms with Crippen molar-refractivity contribution >= 4 is 29.0 Å². The number of ether oxygens (including phenoxy) is 1. The predicted molar refractivity (Wildman–Crippen MR) is 90.6 cm³/mol. The topological polar surface area (TPSA) is 90.7 Å². The number of fused-ring (bicyclic) bond motifs is 1. The first-order valence-corrected chi connectivity index (χ1v) is 7.40. The van der Waals surface area contributed by atoms with Crippen molar-refractivity contribution in [2.24, 2.45) is 16.5 Å². The minimum absolute atomic E-state index is 0.265. The fourth-order valence-corrected chi connectivity index (χ4v) is 2.64. The molecule has 0 aliphatic carbocycles. The monoisotopic (exact) mass is 345 g/mol. The van der Waals surface area contributed by atoms with Gasteiger partial charge in [0.1, 0.15) is 18.2 Å². The van der Waals surface area contributed by atoms with Crippen molar-refractivity contribution in [3.63, 3.8) is 0 Å². The van der Waals surface area contributed by atoms with Gasteiger partial charge in [0.2, 0.25) is 0 Å². The number of nitrogens with zero attached hydrogens (tertiary/aromatic N) is 1. The molecule has 2 aromatic carbocycles. The Balaban J connectivity index is 2.11. The van der Waals surface area contributed by atoms with Gasteiger partial charge in [-0.2, -0.15) is 4.99 Å². The molecule has 0 aromatic heterocycles. The standard InChI is InChI=1S/C17H13ClFN3O2/c18-10-2-3-14(19)12(8-10)11-5-6-24-15-4-1-9(7-13(11)15)16(23)22-17(20)21/h1-5,7-8H,6H2,(H4,20,21,22,23). The van der Waals surface area contributed by atoms with Gasteiger partial charge in [0, 0.05) is 21.7 Å². The van der Waals surface area contributed by atoms with E-state index in [1.54, 1.807) is 24.3 Å². The summed E-state index contributed by atoms with van der Waals surface area (Å²) >= 11 is 5.98. The van der Waals surface area contributed by atoms with Gasteiger partial charge in [-0.15, -0.1) is 0 Å². The molecule has 0 unspecified atom stereocenters. The van der Waals surface area contributed by atoms with Crippen LogP contribution in [0, 0.1) is 5.82 Å². The fourth-order valence-electron chi connectivity index (χ4n) is 2.46. The second-order valence-corrected chi connectivity index (χ2v) is 5.54. The number of carbonyl (C=O) groups is 1. The highest BCUT2D eigenvalue weighted by molar-refractivity contribution is 6.30. The number of amides is 1. The van der Waals surface area contributed by atoms with E-state index in [1.807, 2.05) is 0 Å². The second-order valence-electron chi connectivity index (χ2n) is 5.11. The van der Waals surface area contributed by atoms with Gasteiger partial charge in [-0.3, -0.25) is 4.79 Å². The van der Waals surface area contributed by atoms with E-state index < -0.39 is 11.7 Å². The number of hydrogen-bond donors (Lipinski definition) is 2. The Morgan fingerprint density at radius 2 is 1.96 bits per heavy atom. The summed E-state index contributed by atoms with van der Waals surface area (Å²) < 4.78 is 19.7. The lowest BCUT2D eigenvalue weighted by Crippen LogP contribution is -2.24. The molecule has 1 heterocycles. The lowest BCUT2D eigenvalue weighted by Gasteiger charge is -2.20. The van der Waals surface area contributed by atoms with Crippen molar-refractivity contribution in [3.05, 3.63) is 70.0 Å². The average Bonchev–Trinajstić information content (AvgIpc) is 2.55. The van der Waals surface area contributed by atoms with E-state index in [0.29, 0.717) is 27.5 Å². The maximum atomic E-state index is 14.2. The largest absolute Gasteiger partial charge is 0.489 e. The van der Waals surface area contributed by atoms with Gasteiger partial charge in [0.25, 0.3) is 5.91 Å². The minimum atomic E-state index is -0.589. The van der Waals surface area contributed by atoms with Gasteiger partial charge in [-0.25, -0.2) is 4.39 Å². The zero-order valence-electron chi connectivity index (χ0n) is 12.4. The fraction of sp³-hybridized carbons (Fsp3) is 0.0588. The number of nitrogens with two attached hydrogens (primary N) is 2. The molecule has 0 spiro atoms. The first-order valence-electron chi connectivity index (χ1n) is 7.02. The zero-order chi connectivity index (χ0) is 17.3. The Hall–Kier alpha value is -2.86. The van der Waals surface area contributed by atoms with Crippen molar-refractivity contribution in [1.29, 1.82) is 0 Å². The van der Waals surface area contributed by atoms with Crippen molar-refractivity contribution in [1.82, 2.24) is 0 Å². The number of carbonyl (C=O) groups excluding carboxylic acids is 1. The van der Waals surface area contributed by atoms with Crippen LogP contribution in [0.4, 0.5) is 4.39 Å². The van der Waals surface area contributed by atoms with E-state index in [2.05, 4.69) is 4.99 Å². The molecule has 0 atom stereocenters. The van der Waals surface area contributed by atoms with Gasteiger partial charge < -0.3 is 16.2 Å². The molecule has 1 amide bonds. The summed E-state index contributed by atoms with van der Waals surface area (Å²) in [6.45, 7) is 0.287. The molecule has 122 valence electrons. The SMILES string of the molecule is NC(N)=NC(=O)c1ccc2c(c1)C(c1cc(Cl)ccc1F)=CCO2. The first kappa shape index (κ1) is 16.0. The summed E-state index contributed by atoms with van der Waals surface area (Å²) in [5.41, 5.74) is 12.2. The highest BCUT2D eigenvalue weighted by Gasteiger charge is 2.20. The van der Waals surface area contributed by atoms with Crippen molar-refractivity contribution in [2.75, 3.05) is 6.61 Å². The number of hydrogen-bond acceptors (Lipinski definition) is 2. The molecule has 5 nitrogen and oxygen atoms in total. The molecule has 24 heavy (non-hydrogen) atoms. The summed E-state index contributed by atoms with van der Waals surface area (Å²) in [7, 11) is 0. The van der Waals surface area contributed by atoms with Crippen LogP contribution >= 0.6 is 11.6 Å². The van der Waals surface area contributed by atoms with Crippen LogP contribution in [0.1, 0.15) is 21.5 Å². The number of halogens is 2. The molecule has 2 aromatic rings. The molecule has 3 rings (SSSR count). The van der Waals surface area contributed by atoms with Gasteiger partial charge in [0.05, 0.1) is 0 Å². The predicted octanol–water partition coefficient (Wildman–Crippen LogP) is 2.72. The van der Waals surface area contributed by atoms with Gasteiger partial charge in [0.15, 0.2) is 5.96 Å². The van der Waals surface area contributed by atoms with Crippen molar-refractivity contribution in [3.8, 4) is 5.75 Å². The third-order valence-corrected chi connectivity index (χ3v) is 3.73. The molecule has 0 saturated heterocycles. The Kier molecular flexibility index (Phi) is 4.22. The Bertz CT molecular complexity index is 889. The molecule has 0 fully saturated rings. The van der Waals surface area contributed by atoms with E-state index >= 15 is 0 Å². The van der Waals surface area contributed by atoms with Crippen LogP contribution in [0.3, 0.4) is 0 Å². The average molecular weight is 346 g/mol. The van der Waals surface area contributed by atoms with Crippen LogP contribution in [-0.4, -0.2) is 18.5 Å². The molecule has 0 bridgehead atoms. The van der Waals surface area contributed by atoms with Gasteiger partial charge in [-0.1, -0.05) is 11.6 Å². The number of benzene rings is 2.